The third kappa shape index (κ3) is 10.8. The second-order valence-electron chi connectivity index (χ2n) is 3.38. The van der Waals surface area contributed by atoms with Gasteiger partial charge < -0.3 is 13.8 Å². The molecule has 0 saturated heterocycles. The van der Waals surface area contributed by atoms with Crippen LogP contribution in [-0.4, -0.2) is 19.8 Å². The minimum Gasteiger partial charge on any atom is -0.377 e. The molecule has 1 aromatic rings. The lowest BCUT2D eigenvalue weighted by atomic mass is 10.2. The number of benzene rings is 1. The molecule has 4 nitrogen and oxygen atoms in total. The topological polar surface area (TPSA) is 44.8 Å². The van der Waals surface area contributed by atoms with Crippen LogP contribution in [0.5, 0.6) is 0 Å². The first-order chi connectivity index (χ1) is 9.13. The zero-order chi connectivity index (χ0) is 14.5. The number of halogens is 1. The Balaban J connectivity index is 0.000000362. The fraction of sp³-hybridized carbons (Fsp3) is 0.538. The van der Waals surface area contributed by atoms with Crippen molar-refractivity contribution in [1.29, 1.82) is 0 Å². The summed E-state index contributed by atoms with van der Waals surface area (Å²) in [5.41, 5.74) is 1.01. The molecule has 0 spiro atoms. The molecule has 0 unspecified atom stereocenters. The molecule has 6 heteroatoms. The van der Waals surface area contributed by atoms with Gasteiger partial charge in [-0.25, -0.2) is 4.39 Å². The van der Waals surface area contributed by atoms with Crippen LogP contribution in [0, 0.1) is 5.82 Å². The quantitative estimate of drug-likeness (QED) is 0.717. The maximum atomic E-state index is 12.4. The zero-order valence-corrected chi connectivity index (χ0v) is 12.6. The van der Waals surface area contributed by atoms with E-state index in [2.05, 4.69) is 9.05 Å². The van der Waals surface area contributed by atoms with Crippen LogP contribution in [0.15, 0.2) is 24.3 Å². The Morgan fingerprint density at radius 2 is 1.53 bits per heavy atom. The van der Waals surface area contributed by atoms with Gasteiger partial charge in [0.25, 0.3) is 0 Å². The normalized spacial score (nSPS) is 10.2. The number of rotatable bonds is 7. The molecule has 0 bridgehead atoms. The fourth-order valence-corrected chi connectivity index (χ4v) is 1.63. The molecule has 1 rings (SSSR count). The number of hydrogen-bond donors (Lipinski definition) is 0. The van der Waals surface area contributed by atoms with Crippen LogP contribution < -0.4 is 0 Å². The largest absolute Gasteiger partial charge is 0.377 e. The predicted molar refractivity (Wildman–Crippen MR) is 74.0 cm³/mol. The molecule has 0 aliphatic carbocycles. The highest BCUT2D eigenvalue weighted by Gasteiger charge is 1.92. The summed E-state index contributed by atoms with van der Waals surface area (Å²) in [5.74, 6) is -0.203. The smallest absolute Gasteiger partial charge is 0.319 e. The first-order valence-corrected chi connectivity index (χ1v) is 7.48. The van der Waals surface area contributed by atoms with Crippen LogP contribution in [0.25, 0.3) is 0 Å². The molecule has 0 amide bonds. The van der Waals surface area contributed by atoms with Crippen molar-refractivity contribution in [2.24, 2.45) is 0 Å². The SMILES string of the molecule is CCOCc1ccc(F)cc1.CCO[PH](=O)OCC. The maximum absolute atomic E-state index is 12.4. The number of ether oxygens (including phenoxy) is 1. The van der Waals surface area contributed by atoms with Crippen molar-refractivity contribution in [3.8, 4) is 0 Å². The summed E-state index contributed by atoms with van der Waals surface area (Å²) in [6, 6.07) is 6.33. The Morgan fingerprint density at radius 1 is 1.00 bits per heavy atom. The van der Waals surface area contributed by atoms with E-state index >= 15 is 0 Å². The standard InChI is InChI=1S/C9H11FO.C4H11O3P/c1-2-11-7-8-3-5-9(10)6-4-8;1-3-6-8(5)7-4-2/h3-6H,2,7H2,1H3;8H,3-4H2,1-2H3. The van der Waals surface area contributed by atoms with Gasteiger partial charge in [0.05, 0.1) is 19.8 Å². The van der Waals surface area contributed by atoms with Gasteiger partial charge in [0.2, 0.25) is 0 Å². The number of hydrogen-bond acceptors (Lipinski definition) is 4. The van der Waals surface area contributed by atoms with Crippen molar-refractivity contribution in [2.75, 3.05) is 19.8 Å². The molecule has 0 atom stereocenters. The van der Waals surface area contributed by atoms with E-state index in [1.54, 1.807) is 26.0 Å². The van der Waals surface area contributed by atoms with E-state index in [9.17, 15) is 8.96 Å². The third-order valence-electron chi connectivity index (χ3n) is 1.91. The summed E-state index contributed by atoms with van der Waals surface area (Å²) in [4.78, 5) is 0. The van der Waals surface area contributed by atoms with E-state index in [0.717, 1.165) is 5.56 Å². The van der Waals surface area contributed by atoms with E-state index in [1.165, 1.54) is 12.1 Å². The van der Waals surface area contributed by atoms with E-state index in [4.69, 9.17) is 4.74 Å². The average Bonchev–Trinajstić information content (AvgIpc) is 2.39. The van der Waals surface area contributed by atoms with Crippen molar-refractivity contribution in [3.05, 3.63) is 35.6 Å². The van der Waals surface area contributed by atoms with Gasteiger partial charge in [0.15, 0.2) is 0 Å². The Labute approximate surface area is 114 Å². The van der Waals surface area contributed by atoms with E-state index in [-0.39, 0.29) is 5.82 Å². The first-order valence-electron chi connectivity index (χ1n) is 6.25. The van der Waals surface area contributed by atoms with Crippen LogP contribution in [0.1, 0.15) is 26.3 Å². The third-order valence-corrected chi connectivity index (χ3v) is 2.96. The van der Waals surface area contributed by atoms with Gasteiger partial charge in [0.1, 0.15) is 5.82 Å². The summed E-state index contributed by atoms with van der Waals surface area (Å²) in [6.07, 6.45) is 0. The highest BCUT2D eigenvalue weighted by Crippen LogP contribution is 2.21. The minimum atomic E-state index is -2.14. The van der Waals surface area contributed by atoms with Crippen molar-refractivity contribution >= 4 is 8.25 Å². The summed E-state index contributed by atoms with van der Waals surface area (Å²) >= 11 is 0. The molecule has 1 aromatic carbocycles. The molecular weight excluding hydrogens is 270 g/mol. The zero-order valence-electron chi connectivity index (χ0n) is 11.6. The summed E-state index contributed by atoms with van der Waals surface area (Å²) in [7, 11) is -2.14. The molecule has 0 aliphatic rings. The van der Waals surface area contributed by atoms with Crippen LogP contribution in [0.2, 0.25) is 0 Å². The Hall–Kier alpha value is -0.740. The molecule has 0 radical (unpaired) electrons. The Kier molecular flexibility index (Phi) is 11.8. The first kappa shape index (κ1) is 18.3. The van der Waals surface area contributed by atoms with Crippen LogP contribution >= 0.6 is 8.25 Å². The molecule has 110 valence electrons. The van der Waals surface area contributed by atoms with Gasteiger partial charge in [-0.15, -0.1) is 0 Å². The van der Waals surface area contributed by atoms with Crippen LogP contribution in [0.3, 0.4) is 0 Å². The lowest BCUT2D eigenvalue weighted by Gasteiger charge is -1.99. The molecule has 0 saturated carbocycles. The highest BCUT2D eigenvalue weighted by atomic mass is 31.1. The van der Waals surface area contributed by atoms with Gasteiger partial charge in [-0.3, -0.25) is 4.57 Å². The molecule has 0 fully saturated rings. The van der Waals surface area contributed by atoms with E-state index in [0.29, 0.717) is 26.4 Å². The van der Waals surface area contributed by atoms with Gasteiger partial charge in [-0.2, -0.15) is 0 Å². The molecule has 0 heterocycles. The second-order valence-corrected chi connectivity index (χ2v) is 4.46. The van der Waals surface area contributed by atoms with Crippen molar-refractivity contribution in [2.45, 2.75) is 27.4 Å². The summed E-state index contributed by atoms with van der Waals surface area (Å²) in [6.45, 7) is 7.66. The monoisotopic (exact) mass is 292 g/mol. The molecule has 0 N–H and O–H groups in total. The van der Waals surface area contributed by atoms with Crippen LogP contribution in [0.4, 0.5) is 4.39 Å². The summed E-state index contributed by atoms with van der Waals surface area (Å²) in [5, 5.41) is 0. The average molecular weight is 292 g/mol. The van der Waals surface area contributed by atoms with Crippen molar-refractivity contribution in [3.63, 3.8) is 0 Å². The molecule has 0 aromatic heterocycles. The Morgan fingerprint density at radius 3 is 1.95 bits per heavy atom. The molecule has 19 heavy (non-hydrogen) atoms. The molecular formula is C13H22FO4P. The Bertz CT molecular complexity index is 335. The maximum Gasteiger partial charge on any atom is 0.319 e. The molecule has 0 aliphatic heterocycles. The van der Waals surface area contributed by atoms with E-state index in [1.807, 2.05) is 6.92 Å². The van der Waals surface area contributed by atoms with E-state index < -0.39 is 8.25 Å². The highest BCUT2D eigenvalue weighted by molar-refractivity contribution is 7.33. The van der Waals surface area contributed by atoms with Crippen molar-refractivity contribution in [1.82, 2.24) is 0 Å². The summed E-state index contributed by atoms with van der Waals surface area (Å²) < 4.78 is 37.1. The van der Waals surface area contributed by atoms with Crippen LogP contribution in [-0.2, 0) is 25.0 Å². The van der Waals surface area contributed by atoms with Gasteiger partial charge >= 0.3 is 8.25 Å². The van der Waals surface area contributed by atoms with Gasteiger partial charge in [-0.05, 0) is 38.5 Å². The van der Waals surface area contributed by atoms with Gasteiger partial charge in [0, 0.05) is 6.61 Å². The lowest BCUT2D eigenvalue weighted by molar-refractivity contribution is 0.134. The van der Waals surface area contributed by atoms with Crippen molar-refractivity contribution < 1.29 is 22.7 Å². The minimum absolute atomic E-state index is 0.203. The lowest BCUT2D eigenvalue weighted by Crippen LogP contribution is -1.91. The van der Waals surface area contributed by atoms with Gasteiger partial charge in [-0.1, -0.05) is 12.1 Å². The fourth-order valence-electron chi connectivity index (χ4n) is 1.08. The predicted octanol–water partition coefficient (Wildman–Crippen LogP) is 3.81. The second kappa shape index (κ2) is 12.3.